The average molecular weight is 259 g/mol. The number of aromatic nitrogens is 2. The standard InChI is InChI=1S/C14H17N3S/c1-14(2,3)10-4-6-11(7-5-10)18-12-8-9-16-13(15)17-12/h4-9H,1-3H3,(H2,15,16,17). The number of nitrogens with zero attached hydrogens (tertiary/aromatic N) is 2. The van der Waals surface area contributed by atoms with E-state index in [0.29, 0.717) is 5.95 Å². The van der Waals surface area contributed by atoms with Crippen LogP contribution in [-0.4, -0.2) is 9.97 Å². The lowest BCUT2D eigenvalue weighted by atomic mass is 9.87. The first-order chi connectivity index (χ1) is 8.45. The summed E-state index contributed by atoms with van der Waals surface area (Å²) in [6.07, 6.45) is 1.67. The molecule has 94 valence electrons. The fraction of sp³-hybridized carbons (Fsp3) is 0.286. The normalized spacial score (nSPS) is 11.5. The fourth-order valence-electron chi connectivity index (χ4n) is 1.56. The Morgan fingerprint density at radius 1 is 1.06 bits per heavy atom. The molecule has 0 aliphatic heterocycles. The molecule has 0 saturated carbocycles. The maximum atomic E-state index is 5.56. The zero-order chi connectivity index (χ0) is 13.2. The Morgan fingerprint density at radius 2 is 1.72 bits per heavy atom. The summed E-state index contributed by atoms with van der Waals surface area (Å²) in [6.45, 7) is 6.63. The summed E-state index contributed by atoms with van der Waals surface area (Å²) in [5.41, 5.74) is 7.07. The molecule has 2 rings (SSSR count). The van der Waals surface area contributed by atoms with Gasteiger partial charge in [-0.15, -0.1) is 0 Å². The minimum Gasteiger partial charge on any atom is -0.368 e. The van der Waals surface area contributed by atoms with Crippen LogP contribution in [0.3, 0.4) is 0 Å². The molecular weight excluding hydrogens is 242 g/mol. The minimum atomic E-state index is 0.183. The van der Waals surface area contributed by atoms with Crippen LogP contribution in [0.5, 0.6) is 0 Å². The monoisotopic (exact) mass is 259 g/mol. The van der Waals surface area contributed by atoms with E-state index in [1.807, 2.05) is 6.07 Å². The maximum Gasteiger partial charge on any atom is 0.221 e. The average Bonchev–Trinajstić information content (AvgIpc) is 2.28. The van der Waals surface area contributed by atoms with Crippen LogP contribution in [0.25, 0.3) is 0 Å². The van der Waals surface area contributed by atoms with Crippen molar-refractivity contribution in [3.05, 3.63) is 42.1 Å². The van der Waals surface area contributed by atoms with E-state index >= 15 is 0 Å². The quantitative estimate of drug-likeness (QED) is 0.839. The van der Waals surface area contributed by atoms with Crippen molar-refractivity contribution < 1.29 is 0 Å². The number of rotatable bonds is 2. The highest BCUT2D eigenvalue weighted by Crippen LogP contribution is 2.29. The molecule has 0 spiro atoms. The summed E-state index contributed by atoms with van der Waals surface area (Å²) in [5.74, 6) is 0.311. The Kier molecular flexibility index (Phi) is 3.57. The van der Waals surface area contributed by atoms with Gasteiger partial charge in [-0.1, -0.05) is 44.7 Å². The van der Waals surface area contributed by atoms with Gasteiger partial charge < -0.3 is 5.73 Å². The molecule has 0 unspecified atom stereocenters. The van der Waals surface area contributed by atoms with Gasteiger partial charge in [0.1, 0.15) is 5.03 Å². The molecule has 0 fully saturated rings. The number of hydrogen-bond acceptors (Lipinski definition) is 4. The summed E-state index contributed by atoms with van der Waals surface area (Å²) in [4.78, 5) is 9.20. The van der Waals surface area contributed by atoms with Crippen molar-refractivity contribution >= 4 is 17.7 Å². The summed E-state index contributed by atoms with van der Waals surface area (Å²) in [5, 5.41) is 0.867. The third-order valence-corrected chi connectivity index (χ3v) is 3.54. The van der Waals surface area contributed by atoms with E-state index in [2.05, 4.69) is 55.0 Å². The lowest BCUT2D eigenvalue weighted by Gasteiger charge is -2.18. The van der Waals surface area contributed by atoms with Crippen molar-refractivity contribution in [2.45, 2.75) is 36.1 Å². The van der Waals surface area contributed by atoms with Gasteiger partial charge in [0.15, 0.2) is 0 Å². The van der Waals surface area contributed by atoms with Gasteiger partial charge in [-0.3, -0.25) is 0 Å². The van der Waals surface area contributed by atoms with Crippen LogP contribution in [-0.2, 0) is 5.41 Å². The Labute approximate surface area is 112 Å². The summed E-state index contributed by atoms with van der Waals surface area (Å²) in [7, 11) is 0. The van der Waals surface area contributed by atoms with Crippen molar-refractivity contribution in [2.75, 3.05) is 5.73 Å². The summed E-state index contributed by atoms with van der Waals surface area (Å²) in [6, 6.07) is 10.4. The zero-order valence-corrected chi connectivity index (χ0v) is 11.7. The van der Waals surface area contributed by atoms with E-state index in [1.54, 1.807) is 18.0 Å². The van der Waals surface area contributed by atoms with E-state index in [9.17, 15) is 0 Å². The van der Waals surface area contributed by atoms with E-state index < -0.39 is 0 Å². The van der Waals surface area contributed by atoms with E-state index in [0.717, 1.165) is 9.92 Å². The Balaban J connectivity index is 2.16. The number of benzene rings is 1. The molecule has 0 saturated heterocycles. The molecule has 1 heterocycles. The lowest BCUT2D eigenvalue weighted by molar-refractivity contribution is 0.590. The predicted molar refractivity (Wildman–Crippen MR) is 75.7 cm³/mol. The smallest absolute Gasteiger partial charge is 0.221 e. The van der Waals surface area contributed by atoms with Gasteiger partial charge in [0.25, 0.3) is 0 Å². The van der Waals surface area contributed by atoms with Gasteiger partial charge >= 0.3 is 0 Å². The van der Waals surface area contributed by atoms with Crippen LogP contribution in [0.1, 0.15) is 26.3 Å². The highest BCUT2D eigenvalue weighted by Gasteiger charge is 2.12. The summed E-state index contributed by atoms with van der Waals surface area (Å²) >= 11 is 1.59. The molecule has 0 radical (unpaired) electrons. The topological polar surface area (TPSA) is 51.8 Å². The van der Waals surface area contributed by atoms with Crippen LogP contribution in [0.4, 0.5) is 5.95 Å². The predicted octanol–water partition coefficient (Wildman–Crippen LogP) is 3.51. The van der Waals surface area contributed by atoms with Gasteiger partial charge in [0, 0.05) is 11.1 Å². The Morgan fingerprint density at radius 3 is 2.28 bits per heavy atom. The largest absolute Gasteiger partial charge is 0.368 e. The zero-order valence-electron chi connectivity index (χ0n) is 10.8. The van der Waals surface area contributed by atoms with Crippen molar-refractivity contribution in [3.8, 4) is 0 Å². The van der Waals surface area contributed by atoms with Crippen LogP contribution >= 0.6 is 11.8 Å². The first-order valence-electron chi connectivity index (χ1n) is 5.82. The third-order valence-electron chi connectivity index (χ3n) is 2.59. The Hall–Kier alpha value is -1.55. The molecule has 2 aromatic rings. The van der Waals surface area contributed by atoms with Crippen molar-refractivity contribution in [3.63, 3.8) is 0 Å². The molecule has 3 nitrogen and oxygen atoms in total. The van der Waals surface area contributed by atoms with Crippen molar-refractivity contribution in [1.29, 1.82) is 0 Å². The molecular formula is C14H17N3S. The van der Waals surface area contributed by atoms with Gasteiger partial charge in [0.05, 0.1) is 0 Å². The van der Waals surface area contributed by atoms with Crippen LogP contribution in [0.2, 0.25) is 0 Å². The number of nitrogens with two attached hydrogens (primary N) is 1. The molecule has 4 heteroatoms. The maximum absolute atomic E-state index is 5.56. The second-order valence-corrected chi connectivity index (χ2v) is 6.22. The molecule has 1 aromatic carbocycles. The first kappa shape index (κ1) is 12.9. The number of anilines is 1. The second-order valence-electron chi connectivity index (χ2n) is 5.13. The van der Waals surface area contributed by atoms with Gasteiger partial charge in [-0.05, 0) is 29.2 Å². The third kappa shape index (κ3) is 3.23. The highest BCUT2D eigenvalue weighted by atomic mass is 32.2. The van der Waals surface area contributed by atoms with Crippen molar-refractivity contribution in [1.82, 2.24) is 9.97 Å². The lowest BCUT2D eigenvalue weighted by Crippen LogP contribution is -2.10. The number of hydrogen-bond donors (Lipinski definition) is 1. The SMILES string of the molecule is CC(C)(C)c1ccc(Sc2ccnc(N)n2)cc1. The summed E-state index contributed by atoms with van der Waals surface area (Å²) < 4.78 is 0. The molecule has 0 aliphatic carbocycles. The number of nitrogen functional groups attached to an aromatic ring is 1. The molecule has 18 heavy (non-hydrogen) atoms. The van der Waals surface area contributed by atoms with Gasteiger partial charge in [-0.25, -0.2) is 9.97 Å². The molecule has 0 bridgehead atoms. The van der Waals surface area contributed by atoms with E-state index in [4.69, 9.17) is 5.73 Å². The molecule has 2 N–H and O–H groups in total. The van der Waals surface area contributed by atoms with Gasteiger partial charge in [0.2, 0.25) is 5.95 Å². The van der Waals surface area contributed by atoms with Crippen molar-refractivity contribution in [2.24, 2.45) is 0 Å². The molecule has 0 amide bonds. The van der Waals surface area contributed by atoms with Crippen LogP contribution in [0, 0.1) is 0 Å². The van der Waals surface area contributed by atoms with E-state index in [1.165, 1.54) is 5.56 Å². The molecule has 1 aromatic heterocycles. The van der Waals surface area contributed by atoms with Crippen LogP contribution < -0.4 is 5.73 Å². The minimum absolute atomic E-state index is 0.183. The first-order valence-corrected chi connectivity index (χ1v) is 6.64. The highest BCUT2D eigenvalue weighted by molar-refractivity contribution is 7.99. The molecule has 0 aliphatic rings. The van der Waals surface area contributed by atoms with Crippen LogP contribution in [0.15, 0.2) is 46.5 Å². The molecule has 0 atom stereocenters. The van der Waals surface area contributed by atoms with Gasteiger partial charge in [-0.2, -0.15) is 0 Å². The Bertz CT molecular complexity index is 529. The second kappa shape index (κ2) is 4.98. The fourth-order valence-corrected chi connectivity index (χ4v) is 2.34. The van der Waals surface area contributed by atoms with E-state index in [-0.39, 0.29) is 5.41 Å².